The monoisotopic (exact) mass is 260 g/mol. The fourth-order valence-corrected chi connectivity index (χ4v) is 1.84. The molecule has 0 radical (unpaired) electrons. The van der Waals surface area contributed by atoms with Gasteiger partial charge in [-0.3, -0.25) is 9.59 Å². The molecule has 6 nitrogen and oxygen atoms in total. The molecule has 0 aliphatic carbocycles. The predicted molar refractivity (Wildman–Crippen MR) is 70.3 cm³/mol. The van der Waals surface area contributed by atoms with Crippen LogP contribution in [-0.2, 0) is 16.1 Å². The van der Waals surface area contributed by atoms with Gasteiger partial charge < -0.3 is 9.30 Å². The van der Waals surface area contributed by atoms with Crippen LogP contribution in [0.15, 0.2) is 40.4 Å². The highest BCUT2D eigenvalue weighted by Crippen LogP contribution is 2.22. The summed E-state index contributed by atoms with van der Waals surface area (Å²) in [5.74, 6) is -0.388. The Labute approximate surface area is 108 Å². The molecule has 0 spiro atoms. The van der Waals surface area contributed by atoms with Crippen LogP contribution in [0.4, 0.5) is 5.69 Å². The van der Waals surface area contributed by atoms with Gasteiger partial charge in [-0.05, 0) is 23.4 Å². The van der Waals surface area contributed by atoms with Gasteiger partial charge in [-0.25, -0.2) is 0 Å². The van der Waals surface area contributed by atoms with Crippen molar-refractivity contribution in [3.63, 3.8) is 0 Å². The average molecular weight is 260 g/mol. The van der Waals surface area contributed by atoms with Crippen molar-refractivity contribution >= 4 is 22.4 Å². The van der Waals surface area contributed by atoms with Crippen LogP contribution in [0.2, 0.25) is 0 Å². The minimum absolute atomic E-state index is 0.131. The van der Waals surface area contributed by atoms with Crippen LogP contribution in [0.25, 0.3) is 10.8 Å². The molecule has 6 heteroatoms. The summed E-state index contributed by atoms with van der Waals surface area (Å²) in [7, 11) is 0. The van der Waals surface area contributed by atoms with E-state index in [0.29, 0.717) is 10.8 Å². The van der Waals surface area contributed by atoms with E-state index in [9.17, 15) is 14.5 Å². The second kappa shape index (κ2) is 5.43. The molecule has 19 heavy (non-hydrogen) atoms. The van der Waals surface area contributed by atoms with Crippen LogP contribution in [-0.4, -0.2) is 17.1 Å². The number of nitroso groups, excluding NO2 is 1. The number of ether oxygens (including phenoxy) is 1. The first-order valence-electron chi connectivity index (χ1n) is 5.72. The van der Waals surface area contributed by atoms with E-state index < -0.39 is 0 Å². The van der Waals surface area contributed by atoms with Crippen molar-refractivity contribution < 1.29 is 9.53 Å². The molecule has 0 unspecified atom stereocenters. The van der Waals surface area contributed by atoms with Crippen LogP contribution >= 0.6 is 0 Å². The van der Waals surface area contributed by atoms with Crippen molar-refractivity contribution in [3.05, 3.63) is 45.7 Å². The molecular weight excluding hydrogens is 248 g/mol. The number of hydrogen-bond acceptors (Lipinski definition) is 5. The van der Waals surface area contributed by atoms with Gasteiger partial charge in [0.05, 0.1) is 6.54 Å². The quantitative estimate of drug-likeness (QED) is 0.622. The normalized spacial score (nSPS) is 10.4. The van der Waals surface area contributed by atoms with Crippen LogP contribution in [0, 0.1) is 4.91 Å². The molecule has 2 aromatic rings. The number of carbonyl (C=O) groups excluding carboxylic acids is 1. The van der Waals surface area contributed by atoms with Crippen molar-refractivity contribution in [1.82, 2.24) is 4.57 Å². The Hall–Kier alpha value is -2.50. The molecule has 0 atom stereocenters. The maximum atomic E-state index is 12.2. The third-order valence-corrected chi connectivity index (χ3v) is 2.73. The summed E-state index contributed by atoms with van der Waals surface area (Å²) in [4.78, 5) is 33.5. The van der Waals surface area contributed by atoms with E-state index in [4.69, 9.17) is 4.74 Å². The largest absolute Gasteiger partial charge is 0.464 e. The molecule has 1 heterocycles. The summed E-state index contributed by atoms with van der Waals surface area (Å²) in [5.41, 5.74) is -0.00288. The summed E-state index contributed by atoms with van der Waals surface area (Å²) in [6.07, 6.45) is 1.56. The van der Waals surface area contributed by atoms with Crippen LogP contribution in [0.3, 0.4) is 0 Å². The lowest BCUT2D eigenvalue weighted by molar-refractivity contribution is -0.141. The number of nitrogens with zero attached hydrogens (tertiary/aromatic N) is 2. The van der Waals surface area contributed by atoms with Gasteiger partial charge in [0.25, 0.3) is 5.56 Å². The number of rotatable bonds is 4. The van der Waals surface area contributed by atoms with E-state index in [-0.39, 0.29) is 30.4 Å². The zero-order chi connectivity index (χ0) is 13.8. The van der Waals surface area contributed by atoms with Gasteiger partial charge >= 0.3 is 5.97 Å². The first kappa shape index (κ1) is 12.9. The molecule has 0 fully saturated rings. The van der Waals surface area contributed by atoms with Gasteiger partial charge in [-0.15, -0.1) is 4.91 Å². The fourth-order valence-electron chi connectivity index (χ4n) is 1.84. The molecule has 2 rings (SSSR count). The second-order valence-electron chi connectivity index (χ2n) is 3.98. The second-order valence-corrected chi connectivity index (χ2v) is 3.98. The average Bonchev–Trinajstić information content (AvgIpc) is 2.40. The number of pyridine rings is 1. The molecule has 0 amide bonds. The van der Waals surface area contributed by atoms with Gasteiger partial charge in [0.15, 0.2) is 0 Å². The van der Waals surface area contributed by atoms with Gasteiger partial charge in [0, 0.05) is 23.9 Å². The minimum atomic E-state index is -0.388. The topological polar surface area (TPSA) is 77.7 Å². The van der Waals surface area contributed by atoms with Crippen LogP contribution in [0.5, 0.6) is 0 Å². The third-order valence-electron chi connectivity index (χ3n) is 2.73. The lowest BCUT2D eigenvalue weighted by Crippen LogP contribution is -2.22. The molecule has 1 aromatic heterocycles. The van der Waals surface area contributed by atoms with Crippen LogP contribution < -0.4 is 5.56 Å². The number of carbonyl (C=O) groups is 1. The Balaban J connectivity index is 2.38. The van der Waals surface area contributed by atoms with Crippen molar-refractivity contribution in [1.29, 1.82) is 0 Å². The molecule has 1 aromatic carbocycles. The molecule has 0 aliphatic rings. The van der Waals surface area contributed by atoms with Gasteiger partial charge in [-0.2, -0.15) is 0 Å². The molecule has 0 aliphatic heterocycles. The number of hydrogen-bond donors (Lipinski definition) is 0. The summed E-state index contributed by atoms with van der Waals surface area (Å²) >= 11 is 0. The minimum Gasteiger partial charge on any atom is -0.464 e. The summed E-state index contributed by atoms with van der Waals surface area (Å²) in [6, 6.07) is 6.45. The number of esters is 1. The number of benzene rings is 1. The zero-order valence-electron chi connectivity index (χ0n) is 10.3. The van der Waals surface area contributed by atoms with Crippen molar-refractivity contribution in [3.8, 4) is 0 Å². The Bertz CT molecular complexity index is 691. The molecule has 98 valence electrons. The summed E-state index contributed by atoms with van der Waals surface area (Å²) in [6.45, 7) is 1.71. The van der Waals surface area contributed by atoms with E-state index in [1.54, 1.807) is 30.5 Å². The summed E-state index contributed by atoms with van der Waals surface area (Å²) < 4.78 is 6.22. The molecule has 0 saturated heterocycles. The highest BCUT2D eigenvalue weighted by Gasteiger charge is 2.06. The molecule has 0 saturated carbocycles. The number of aromatic nitrogens is 1. The fraction of sp³-hybridized carbons (Fsp3) is 0.231. The molecular formula is C13H12N2O4. The maximum absolute atomic E-state index is 12.2. The maximum Gasteiger partial charge on any atom is 0.302 e. The van der Waals surface area contributed by atoms with Gasteiger partial charge in [0.1, 0.15) is 12.3 Å². The summed E-state index contributed by atoms with van der Waals surface area (Å²) in [5, 5.41) is 3.83. The van der Waals surface area contributed by atoms with E-state index >= 15 is 0 Å². The SMILES string of the molecule is CC(=O)OCCn1ccc2c(N=O)cccc2c1=O. The Morgan fingerprint density at radius 3 is 2.79 bits per heavy atom. The van der Waals surface area contributed by atoms with Crippen molar-refractivity contribution in [2.75, 3.05) is 6.61 Å². The van der Waals surface area contributed by atoms with E-state index in [1.807, 2.05) is 0 Å². The van der Waals surface area contributed by atoms with Crippen LogP contribution in [0.1, 0.15) is 6.92 Å². The Morgan fingerprint density at radius 2 is 2.11 bits per heavy atom. The molecule has 0 N–H and O–H groups in total. The van der Waals surface area contributed by atoms with Gasteiger partial charge in [0.2, 0.25) is 0 Å². The highest BCUT2D eigenvalue weighted by molar-refractivity contribution is 5.91. The lowest BCUT2D eigenvalue weighted by Gasteiger charge is -2.07. The highest BCUT2D eigenvalue weighted by atomic mass is 16.5. The van der Waals surface area contributed by atoms with Gasteiger partial charge in [-0.1, -0.05) is 6.07 Å². The van der Waals surface area contributed by atoms with E-state index in [2.05, 4.69) is 5.18 Å². The van der Waals surface area contributed by atoms with E-state index in [0.717, 1.165) is 0 Å². The first-order chi connectivity index (χ1) is 9.13. The van der Waals surface area contributed by atoms with Crippen molar-refractivity contribution in [2.45, 2.75) is 13.5 Å². The Kier molecular flexibility index (Phi) is 3.70. The smallest absolute Gasteiger partial charge is 0.302 e. The first-order valence-corrected chi connectivity index (χ1v) is 5.72. The third kappa shape index (κ3) is 2.67. The standard InChI is InChI=1S/C13H12N2O4/c1-9(16)19-8-7-15-6-5-10-11(13(15)17)3-2-4-12(10)14-18/h2-6H,7-8H2,1H3. The Morgan fingerprint density at radius 1 is 1.32 bits per heavy atom. The predicted octanol–water partition coefficient (Wildman–Crippen LogP) is 1.96. The van der Waals surface area contributed by atoms with Crippen molar-refractivity contribution in [2.24, 2.45) is 5.18 Å². The zero-order valence-corrected chi connectivity index (χ0v) is 10.3. The molecule has 0 bridgehead atoms. The lowest BCUT2D eigenvalue weighted by atomic mass is 10.1. The van der Waals surface area contributed by atoms with E-state index in [1.165, 1.54) is 11.5 Å². The number of fused-ring (bicyclic) bond motifs is 1.